The molecule has 0 aromatic carbocycles. The summed E-state index contributed by atoms with van der Waals surface area (Å²) in [7, 11) is 0. The molecule has 0 aliphatic carbocycles. The van der Waals surface area contributed by atoms with E-state index in [0.717, 1.165) is 12.8 Å². The van der Waals surface area contributed by atoms with Gasteiger partial charge in [-0.2, -0.15) is 0 Å². The van der Waals surface area contributed by atoms with Gasteiger partial charge in [0.2, 0.25) is 11.8 Å². The van der Waals surface area contributed by atoms with Crippen LogP contribution in [0.5, 0.6) is 5.88 Å². The van der Waals surface area contributed by atoms with Gasteiger partial charge in [-0.05, 0) is 24.8 Å². The van der Waals surface area contributed by atoms with E-state index in [1.807, 2.05) is 0 Å². The van der Waals surface area contributed by atoms with E-state index in [2.05, 4.69) is 10.3 Å². The summed E-state index contributed by atoms with van der Waals surface area (Å²) >= 11 is 5.73. The molecule has 1 aromatic rings. The van der Waals surface area contributed by atoms with Gasteiger partial charge in [0.05, 0.1) is 17.6 Å². The number of nitrogens with zero attached hydrogens (tertiary/aromatic N) is 1. The molecule has 0 bridgehead atoms. The topological polar surface area (TPSA) is 86.5 Å². The molecule has 2 rings (SSSR count). The summed E-state index contributed by atoms with van der Waals surface area (Å²) in [6.07, 6.45) is 3.18. The second kappa shape index (κ2) is 8.17. The third-order valence-corrected chi connectivity index (χ3v) is 3.65. The van der Waals surface area contributed by atoms with Crippen molar-refractivity contribution in [2.75, 3.05) is 26.4 Å². The van der Waals surface area contributed by atoms with Crippen LogP contribution in [0.25, 0.3) is 0 Å². The molecule has 116 valence electrons. The van der Waals surface area contributed by atoms with Crippen molar-refractivity contribution >= 4 is 17.5 Å². The Labute approximate surface area is 129 Å². The maximum absolute atomic E-state index is 11.9. The number of hydrogen-bond donors (Lipinski definition) is 2. The van der Waals surface area contributed by atoms with Crippen LogP contribution in [-0.4, -0.2) is 43.3 Å². The first-order valence-electron chi connectivity index (χ1n) is 7.02. The second-order valence-corrected chi connectivity index (χ2v) is 5.37. The summed E-state index contributed by atoms with van der Waals surface area (Å²) in [5.74, 6) is 0.523. The van der Waals surface area contributed by atoms with Gasteiger partial charge in [0.1, 0.15) is 6.61 Å². The summed E-state index contributed by atoms with van der Waals surface area (Å²) in [4.78, 5) is 15.9. The standard InChI is InChI=1S/C14H20ClN3O3/c15-11-1-2-12(18-9-11)21-8-5-17-14(19)13(16)10-3-6-20-7-4-10/h1-2,9-10,13H,3-8,16H2,(H,17,19). The zero-order chi connectivity index (χ0) is 15.1. The Balaban J connectivity index is 1.65. The molecule has 2 heterocycles. The Bertz CT molecular complexity index is 449. The predicted molar refractivity (Wildman–Crippen MR) is 79.3 cm³/mol. The van der Waals surface area contributed by atoms with Gasteiger partial charge in [-0.1, -0.05) is 11.6 Å². The molecule has 1 aliphatic heterocycles. The smallest absolute Gasteiger partial charge is 0.237 e. The average molecular weight is 314 g/mol. The predicted octanol–water partition coefficient (Wildman–Crippen LogP) is 0.984. The molecule has 7 heteroatoms. The van der Waals surface area contributed by atoms with E-state index in [-0.39, 0.29) is 11.8 Å². The molecule has 21 heavy (non-hydrogen) atoms. The highest BCUT2D eigenvalue weighted by Gasteiger charge is 2.26. The number of ether oxygens (including phenoxy) is 2. The third-order valence-electron chi connectivity index (χ3n) is 3.43. The highest BCUT2D eigenvalue weighted by molar-refractivity contribution is 6.30. The van der Waals surface area contributed by atoms with Gasteiger partial charge >= 0.3 is 0 Å². The number of halogens is 1. The Morgan fingerprint density at radius 3 is 2.95 bits per heavy atom. The van der Waals surface area contributed by atoms with Crippen LogP contribution in [0.2, 0.25) is 5.02 Å². The molecular weight excluding hydrogens is 294 g/mol. The lowest BCUT2D eigenvalue weighted by Crippen LogP contribution is -2.47. The van der Waals surface area contributed by atoms with Crippen LogP contribution in [0.1, 0.15) is 12.8 Å². The highest BCUT2D eigenvalue weighted by atomic mass is 35.5. The van der Waals surface area contributed by atoms with Crippen molar-refractivity contribution in [2.45, 2.75) is 18.9 Å². The number of pyridine rings is 1. The zero-order valence-corrected chi connectivity index (χ0v) is 12.5. The molecule has 3 N–H and O–H groups in total. The molecule has 6 nitrogen and oxygen atoms in total. The molecule has 0 spiro atoms. The average Bonchev–Trinajstić information content (AvgIpc) is 2.53. The number of aromatic nitrogens is 1. The molecular formula is C14H20ClN3O3. The van der Waals surface area contributed by atoms with Crippen molar-refractivity contribution in [3.8, 4) is 5.88 Å². The van der Waals surface area contributed by atoms with Crippen molar-refractivity contribution < 1.29 is 14.3 Å². The van der Waals surface area contributed by atoms with E-state index in [1.165, 1.54) is 6.20 Å². The van der Waals surface area contributed by atoms with Crippen molar-refractivity contribution in [3.63, 3.8) is 0 Å². The van der Waals surface area contributed by atoms with E-state index in [1.54, 1.807) is 12.1 Å². The number of carbonyl (C=O) groups is 1. The first-order chi connectivity index (χ1) is 10.2. The summed E-state index contributed by atoms with van der Waals surface area (Å²) in [6, 6.07) is 2.89. The van der Waals surface area contributed by atoms with E-state index in [0.29, 0.717) is 37.3 Å². The largest absolute Gasteiger partial charge is 0.476 e. The maximum Gasteiger partial charge on any atom is 0.237 e. The SMILES string of the molecule is NC(C(=O)NCCOc1ccc(Cl)cn1)C1CCOCC1. The first-order valence-corrected chi connectivity index (χ1v) is 7.40. The van der Waals surface area contributed by atoms with Crippen molar-refractivity contribution in [1.29, 1.82) is 0 Å². The minimum absolute atomic E-state index is 0.144. The van der Waals surface area contributed by atoms with Crippen molar-refractivity contribution in [3.05, 3.63) is 23.4 Å². The lowest BCUT2D eigenvalue weighted by atomic mass is 9.92. The fourth-order valence-corrected chi connectivity index (χ4v) is 2.30. The minimum atomic E-state index is -0.484. The summed E-state index contributed by atoms with van der Waals surface area (Å²) in [5, 5.41) is 3.33. The van der Waals surface area contributed by atoms with Crippen LogP contribution in [0.15, 0.2) is 18.3 Å². The molecule has 1 saturated heterocycles. The number of amides is 1. The molecule has 1 unspecified atom stereocenters. The quantitative estimate of drug-likeness (QED) is 0.765. The van der Waals surface area contributed by atoms with E-state index >= 15 is 0 Å². The van der Waals surface area contributed by atoms with E-state index in [9.17, 15) is 4.79 Å². The fourth-order valence-electron chi connectivity index (χ4n) is 2.18. The van der Waals surface area contributed by atoms with Crippen LogP contribution in [0.3, 0.4) is 0 Å². The van der Waals surface area contributed by atoms with Crippen molar-refractivity contribution in [1.82, 2.24) is 10.3 Å². The van der Waals surface area contributed by atoms with Gasteiger partial charge < -0.3 is 20.5 Å². The fraction of sp³-hybridized carbons (Fsp3) is 0.571. The van der Waals surface area contributed by atoms with Crippen LogP contribution < -0.4 is 15.8 Å². The lowest BCUT2D eigenvalue weighted by molar-refractivity contribution is -0.124. The van der Waals surface area contributed by atoms with Crippen LogP contribution in [-0.2, 0) is 9.53 Å². The van der Waals surface area contributed by atoms with Gasteiger partial charge in [0, 0.05) is 25.5 Å². The molecule has 0 radical (unpaired) electrons. The van der Waals surface area contributed by atoms with Crippen LogP contribution in [0.4, 0.5) is 0 Å². The highest BCUT2D eigenvalue weighted by Crippen LogP contribution is 2.17. The Kier molecular flexibility index (Phi) is 6.22. The van der Waals surface area contributed by atoms with Crippen LogP contribution >= 0.6 is 11.6 Å². The first kappa shape index (κ1) is 16.0. The maximum atomic E-state index is 11.9. The second-order valence-electron chi connectivity index (χ2n) is 4.93. The number of nitrogens with one attached hydrogen (secondary N) is 1. The summed E-state index contributed by atoms with van der Waals surface area (Å²) < 4.78 is 10.7. The molecule has 1 amide bonds. The van der Waals surface area contributed by atoms with E-state index < -0.39 is 6.04 Å². The number of carbonyl (C=O) groups excluding carboxylic acids is 1. The summed E-state index contributed by atoms with van der Waals surface area (Å²) in [6.45, 7) is 2.08. The third kappa shape index (κ3) is 5.15. The molecule has 1 fully saturated rings. The molecule has 1 aromatic heterocycles. The minimum Gasteiger partial charge on any atom is -0.476 e. The van der Waals surface area contributed by atoms with Crippen molar-refractivity contribution in [2.24, 2.45) is 11.7 Å². The zero-order valence-electron chi connectivity index (χ0n) is 11.8. The van der Waals surface area contributed by atoms with Crippen LogP contribution in [0, 0.1) is 5.92 Å². The lowest BCUT2D eigenvalue weighted by Gasteiger charge is -2.26. The Hall–Kier alpha value is -1.37. The Morgan fingerprint density at radius 1 is 1.52 bits per heavy atom. The van der Waals surface area contributed by atoms with E-state index in [4.69, 9.17) is 26.8 Å². The van der Waals surface area contributed by atoms with Gasteiger partial charge in [0.15, 0.2) is 0 Å². The Morgan fingerprint density at radius 2 is 2.29 bits per heavy atom. The molecule has 1 atom stereocenters. The monoisotopic (exact) mass is 313 g/mol. The van der Waals surface area contributed by atoms with Gasteiger partial charge in [0.25, 0.3) is 0 Å². The normalized spacial score (nSPS) is 17.2. The van der Waals surface area contributed by atoms with Gasteiger partial charge in [-0.3, -0.25) is 4.79 Å². The number of rotatable bonds is 6. The molecule has 1 aliphatic rings. The number of nitrogens with two attached hydrogens (primary N) is 1. The van der Waals surface area contributed by atoms with Gasteiger partial charge in [-0.25, -0.2) is 4.98 Å². The van der Waals surface area contributed by atoms with Gasteiger partial charge in [-0.15, -0.1) is 0 Å². The molecule has 0 saturated carbocycles. The number of hydrogen-bond acceptors (Lipinski definition) is 5. The summed E-state index contributed by atoms with van der Waals surface area (Å²) in [5.41, 5.74) is 5.97.